The number of amides is 1. The summed E-state index contributed by atoms with van der Waals surface area (Å²) in [5, 5.41) is 13.9. The molecule has 3 aromatic rings. The van der Waals surface area contributed by atoms with Gasteiger partial charge in [0.1, 0.15) is 5.75 Å². The number of benzene rings is 1. The SMILES string of the molecule is COc1ccccc1-c1nnc(S[C@@H](C)C(=O)NCc2cccs2)n1C. The van der Waals surface area contributed by atoms with Gasteiger partial charge < -0.3 is 14.6 Å². The molecule has 0 unspecified atom stereocenters. The molecular formula is C18H20N4O2S2. The largest absolute Gasteiger partial charge is 0.496 e. The first kappa shape index (κ1) is 18.5. The number of nitrogens with one attached hydrogen (secondary N) is 1. The van der Waals surface area contributed by atoms with Gasteiger partial charge >= 0.3 is 0 Å². The first-order valence-electron chi connectivity index (χ1n) is 8.09. The van der Waals surface area contributed by atoms with E-state index in [1.165, 1.54) is 11.8 Å². The van der Waals surface area contributed by atoms with Crippen LogP contribution in [-0.2, 0) is 18.4 Å². The number of methoxy groups -OCH3 is 1. The molecule has 1 atom stereocenters. The van der Waals surface area contributed by atoms with Gasteiger partial charge in [0, 0.05) is 11.9 Å². The number of hydrogen-bond donors (Lipinski definition) is 1. The van der Waals surface area contributed by atoms with E-state index in [2.05, 4.69) is 15.5 Å². The van der Waals surface area contributed by atoms with Crippen LogP contribution in [0.15, 0.2) is 46.9 Å². The topological polar surface area (TPSA) is 69.0 Å². The molecule has 0 spiro atoms. The van der Waals surface area contributed by atoms with E-state index in [0.29, 0.717) is 17.5 Å². The van der Waals surface area contributed by atoms with Gasteiger partial charge in [-0.1, -0.05) is 30.0 Å². The molecule has 0 radical (unpaired) electrons. The second-order valence-electron chi connectivity index (χ2n) is 5.62. The van der Waals surface area contributed by atoms with Crippen molar-refractivity contribution in [1.29, 1.82) is 0 Å². The van der Waals surface area contributed by atoms with Crippen LogP contribution in [0.2, 0.25) is 0 Å². The molecule has 0 saturated heterocycles. The number of rotatable bonds is 7. The van der Waals surface area contributed by atoms with Crippen molar-refractivity contribution in [3.63, 3.8) is 0 Å². The molecule has 8 heteroatoms. The highest BCUT2D eigenvalue weighted by molar-refractivity contribution is 8.00. The summed E-state index contributed by atoms with van der Waals surface area (Å²) in [6, 6.07) is 11.6. The fourth-order valence-corrected chi connectivity index (χ4v) is 3.91. The Balaban J connectivity index is 1.68. The number of nitrogens with zero attached hydrogens (tertiary/aromatic N) is 3. The highest BCUT2D eigenvalue weighted by Gasteiger charge is 2.20. The highest BCUT2D eigenvalue weighted by Crippen LogP contribution is 2.31. The van der Waals surface area contributed by atoms with E-state index < -0.39 is 0 Å². The minimum atomic E-state index is -0.275. The van der Waals surface area contributed by atoms with Crippen LogP contribution in [0.4, 0.5) is 0 Å². The molecule has 2 aromatic heterocycles. The maximum Gasteiger partial charge on any atom is 0.233 e. The molecule has 3 rings (SSSR count). The third-order valence-corrected chi connectivity index (χ3v) is 5.86. The Morgan fingerprint density at radius 1 is 1.31 bits per heavy atom. The van der Waals surface area contributed by atoms with Crippen LogP contribution in [0.3, 0.4) is 0 Å². The standard InChI is InChI=1S/C18H20N4O2S2/c1-12(17(23)19-11-13-7-6-10-25-13)26-18-21-20-16(22(18)2)14-8-4-5-9-15(14)24-3/h4-10,12H,11H2,1-3H3,(H,19,23)/t12-/m0/s1. The first-order chi connectivity index (χ1) is 12.6. The van der Waals surface area contributed by atoms with Crippen LogP contribution in [-0.4, -0.2) is 33.0 Å². The van der Waals surface area contributed by atoms with Crippen molar-refractivity contribution in [3.05, 3.63) is 46.7 Å². The Kier molecular flexibility index (Phi) is 5.95. The van der Waals surface area contributed by atoms with Gasteiger partial charge in [0.15, 0.2) is 11.0 Å². The second kappa shape index (κ2) is 8.37. The van der Waals surface area contributed by atoms with Crippen molar-refractivity contribution in [2.45, 2.75) is 23.9 Å². The molecule has 0 aliphatic carbocycles. The number of carbonyl (C=O) groups is 1. The summed E-state index contributed by atoms with van der Waals surface area (Å²) in [7, 11) is 3.52. The maximum absolute atomic E-state index is 12.3. The van der Waals surface area contributed by atoms with E-state index in [1.54, 1.807) is 18.4 Å². The van der Waals surface area contributed by atoms with Gasteiger partial charge in [-0.05, 0) is 30.5 Å². The number of hydrogen-bond acceptors (Lipinski definition) is 6. The average molecular weight is 389 g/mol. The fourth-order valence-electron chi connectivity index (χ4n) is 2.42. The molecule has 1 aromatic carbocycles. The molecule has 2 heterocycles. The average Bonchev–Trinajstić information content (AvgIpc) is 3.30. The van der Waals surface area contributed by atoms with Crippen LogP contribution >= 0.6 is 23.1 Å². The Morgan fingerprint density at radius 3 is 2.85 bits per heavy atom. The Labute approximate surface area is 160 Å². The quantitative estimate of drug-likeness (QED) is 0.629. The smallest absolute Gasteiger partial charge is 0.233 e. The lowest BCUT2D eigenvalue weighted by Gasteiger charge is -2.11. The number of aromatic nitrogens is 3. The molecule has 0 aliphatic heterocycles. The van der Waals surface area contributed by atoms with Crippen LogP contribution < -0.4 is 10.1 Å². The highest BCUT2D eigenvalue weighted by atomic mass is 32.2. The summed E-state index contributed by atoms with van der Waals surface area (Å²) < 4.78 is 7.28. The number of carbonyl (C=O) groups excluding carboxylic acids is 1. The number of ether oxygens (including phenoxy) is 1. The van der Waals surface area contributed by atoms with Gasteiger partial charge in [0.05, 0.1) is 24.5 Å². The van der Waals surface area contributed by atoms with Crippen molar-refractivity contribution in [2.75, 3.05) is 7.11 Å². The minimum absolute atomic E-state index is 0.0229. The van der Waals surface area contributed by atoms with Crippen LogP contribution in [0.1, 0.15) is 11.8 Å². The van der Waals surface area contributed by atoms with Gasteiger partial charge in [-0.3, -0.25) is 4.79 Å². The molecule has 0 fully saturated rings. The van der Waals surface area contributed by atoms with E-state index in [1.807, 2.05) is 60.3 Å². The van der Waals surface area contributed by atoms with Crippen LogP contribution in [0.25, 0.3) is 11.4 Å². The van der Waals surface area contributed by atoms with E-state index >= 15 is 0 Å². The number of thiophene rings is 1. The molecule has 1 amide bonds. The lowest BCUT2D eigenvalue weighted by Crippen LogP contribution is -2.30. The van der Waals surface area contributed by atoms with Crippen LogP contribution in [0.5, 0.6) is 5.75 Å². The molecule has 0 bridgehead atoms. The van der Waals surface area contributed by atoms with E-state index in [9.17, 15) is 4.79 Å². The summed E-state index contributed by atoms with van der Waals surface area (Å²) in [4.78, 5) is 13.5. The third-order valence-electron chi connectivity index (χ3n) is 3.85. The first-order valence-corrected chi connectivity index (χ1v) is 9.85. The predicted octanol–water partition coefficient (Wildman–Crippen LogP) is 3.35. The summed E-state index contributed by atoms with van der Waals surface area (Å²) in [5.74, 6) is 1.42. The summed E-state index contributed by atoms with van der Waals surface area (Å²) in [5.41, 5.74) is 0.867. The summed E-state index contributed by atoms with van der Waals surface area (Å²) in [6.45, 7) is 2.42. The second-order valence-corrected chi connectivity index (χ2v) is 7.96. The lowest BCUT2D eigenvalue weighted by atomic mass is 10.2. The monoisotopic (exact) mass is 388 g/mol. The summed E-state index contributed by atoms with van der Waals surface area (Å²) in [6.07, 6.45) is 0. The zero-order chi connectivity index (χ0) is 18.5. The molecular weight excluding hydrogens is 368 g/mol. The van der Waals surface area contributed by atoms with Gasteiger partial charge in [0.25, 0.3) is 0 Å². The third kappa shape index (κ3) is 4.08. The molecule has 26 heavy (non-hydrogen) atoms. The molecule has 0 aliphatic rings. The van der Waals surface area contributed by atoms with Crippen LogP contribution in [0, 0.1) is 0 Å². The van der Waals surface area contributed by atoms with Crippen molar-refractivity contribution >= 4 is 29.0 Å². The summed E-state index contributed by atoms with van der Waals surface area (Å²) >= 11 is 3.01. The zero-order valence-electron chi connectivity index (χ0n) is 14.8. The minimum Gasteiger partial charge on any atom is -0.496 e. The van der Waals surface area contributed by atoms with Crippen molar-refractivity contribution in [2.24, 2.45) is 7.05 Å². The van der Waals surface area contributed by atoms with Crippen molar-refractivity contribution in [3.8, 4) is 17.1 Å². The Hall–Kier alpha value is -2.32. The maximum atomic E-state index is 12.3. The normalized spacial score (nSPS) is 12.0. The fraction of sp³-hybridized carbons (Fsp3) is 0.278. The van der Waals surface area contributed by atoms with Gasteiger partial charge in [0.2, 0.25) is 5.91 Å². The van der Waals surface area contributed by atoms with E-state index in [0.717, 1.165) is 16.2 Å². The van der Waals surface area contributed by atoms with Crippen molar-refractivity contribution in [1.82, 2.24) is 20.1 Å². The van der Waals surface area contributed by atoms with E-state index in [4.69, 9.17) is 4.74 Å². The molecule has 0 saturated carbocycles. The molecule has 6 nitrogen and oxygen atoms in total. The van der Waals surface area contributed by atoms with Gasteiger partial charge in [-0.15, -0.1) is 21.5 Å². The Bertz CT molecular complexity index is 877. The number of thioether (sulfide) groups is 1. The predicted molar refractivity (Wildman–Crippen MR) is 104 cm³/mol. The van der Waals surface area contributed by atoms with Gasteiger partial charge in [-0.2, -0.15) is 0 Å². The van der Waals surface area contributed by atoms with Gasteiger partial charge in [-0.25, -0.2) is 0 Å². The van der Waals surface area contributed by atoms with E-state index in [-0.39, 0.29) is 11.2 Å². The van der Waals surface area contributed by atoms with Crippen molar-refractivity contribution < 1.29 is 9.53 Å². The lowest BCUT2D eigenvalue weighted by molar-refractivity contribution is -0.120. The number of para-hydroxylation sites is 1. The Morgan fingerprint density at radius 2 is 2.12 bits per heavy atom. The molecule has 1 N–H and O–H groups in total. The molecule has 136 valence electrons. The zero-order valence-corrected chi connectivity index (χ0v) is 16.4.